The van der Waals surface area contributed by atoms with E-state index in [1.165, 1.54) is 0 Å². The summed E-state index contributed by atoms with van der Waals surface area (Å²) >= 11 is 0. The standard InChI is InChI=1S/C24H28N4O4/c1-23(2,3)12-26-22(31)28-24-11-16(24)20(24)15-10-13(4-6-17(15)29)32-18-8-9-25-21-14(18)5-7-19(30)27-21/h4,6,8-10,16,20,29H,5,7,11-12H2,1-3H3,(H,25,27,30)(H2,26,28,31)/t16-,20+,24-/m0/s1. The van der Waals surface area contributed by atoms with Gasteiger partial charge in [0.05, 0.1) is 5.54 Å². The second-order valence-corrected chi connectivity index (χ2v) is 10.2. The predicted octanol–water partition coefficient (Wildman–Crippen LogP) is 3.67. The lowest BCUT2D eigenvalue weighted by molar-refractivity contribution is -0.116. The van der Waals surface area contributed by atoms with E-state index in [0.29, 0.717) is 42.6 Å². The van der Waals surface area contributed by atoms with Gasteiger partial charge >= 0.3 is 6.03 Å². The number of aromatic nitrogens is 1. The highest BCUT2D eigenvalue weighted by Gasteiger charge is 2.80. The SMILES string of the molecule is CC(C)(C)CNC(=O)N[C@@]12C[C@H]1[C@H]2c1cc(Oc2ccnc3c2CCC(=O)N3)ccc1O. The summed E-state index contributed by atoms with van der Waals surface area (Å²) < 4.78 is 6.12. The molecule has 0 unspecified atom stereocenters. The highest BCUT2D eigenvalue weighted by atomic mass is 16.5. The highest BCUT2D eigenvalue weighted by molar-refractivity contribution is 5.93. The van der Waals surface area contributed by atoms with E-state index < -0.39 is 0 Å². The van der Waals surface area contributed by atoms with E-state index in [0.717, 1.165) is 17.5 Å². The monoisotopic (exact) mass is 436 g/mol. The quantitative estimate of drug-likeness (QED) is 0.571. The van der Waals surface area contributed by atoms with Crippen molar-refractivity contribution in [1.29, 1.82) is 0 Å². The van der Waals surface area contributed by atoms with Gasteiger partial charge in [-0.3, -0.25) is 4.79 Å². The third kappa shape index (κ3) is 3.74. The number of amides is 3. The number of ether oxygens (including phenoxy) is 1. The Bertz CT molecular complexity index is 1110. The van der Waals surface area contributed by atoms with Crippen LogP contribution in [0.5, 0.6) is 17.2 Å². The molecule has 0 saturated heterocycles. The fraction of sp³-hybridized carbons (Fsp3) is 0.458. The van der Waals surface area contributed by atoms with Crippen molar-refractivity contribution in [3.05, 3.63) is 41.6 Å². The zero-order valence-electron chi connectivity index (χ0n) is 18.5. The lowest BCUT2D eigenvalue weighted by Crippen LogP contribution is -2.43. The van der Waals surface area contributed by atoms with Crippen LogP contribution in [0.2, 0.25) is 0 Å². The van der Waals surface area contributed by atoms with Crippen molar-refractivity contribution < 1.29 is 19.4 Å². The first kappa shape index (κ1) is 20.6. The number of phenols is 1. The lowest BCUT2D eigenvalue weighted by Gasteiger charge is -2.21. The van der Waals surface area contributed by atoms with Crippen molar-refractivity contribution in [1.82, 2.24) is 15.6 Å². The van der Waals surface area contributed by atoms with Gasteiger partial charge in [0, 0.05) is 36.2 Å². The summed E-state index contributed by atoms with van der Waals surface area (Å²) in [6.45, 7) is 6.81. The minimum atomic E-state index is -0.266. The molecular formula is C24H28N4O4. The van der Waals surface area contributed by atoms with Gasteiger partial charge in [0.2, 0.25) is 5.91 Å². The van der Waals surface area contributed by atoms with E-state index in [4.69, 9.17) is 4.74 Å². The van der Waals surface area contributed by atoms with Gasteiger partial charge in [-0.05, 0) is 48.4 Å². The van der Waals surface area contributed by atoms with E-state index >= 15 is 0 Å². The maximum atomic E-state index is 12.4. The van der Waals surface area contributed by atoms with Crippen LogP contribution in [0, 0.1) is 11.3 Å². The van der Waals surface area contributed by atoms with Crippen molar-refractivity contribution in [2.45, 2.75) is 51.5 Å². The van der Waals surface area contributed by atoms with Crippen LogP contribution in [0.3, 0.4) is 0 Å². The first-order valence-electron chi connectivity index (χ1n) is 11.0. The van der Waals surface area contributed by atoms with Gasteiger partial charge in [-0.2, -0.15) is 0 Å². The Kier molecular flexibility index (Phi) is 4.58. The van der Waals surface area contributed by atoms with Crippen LogP contribution in [-0.2, 0) is 11.2 Å². The van der Waals surface area contributed by atoms with Crippen LogP contribution in [0.1, 0.15) is 50.7 Å². The van der Waals surface area contributed by atoms with Gasteiger partial charge in [0.25, 0.3) is 0 Å². The Labute approximate surface area is 186 Å². The number of nitrogens with one attached hydrogen (secondary N) is 3. The third-order valence-corrected chi connectivity index (χ3v) is 6.47. The molecule has 0 bridgehead atoms. The molecule has 2 saturated carbocycles. The number of carbonyl (C=O) groups excluding carboxylic acids is 2. The van der Waals surface area contributed by atoms with Gasteiger partial charge in [-0.15, -0.1) is 0 Å². The zero-order valence-corrected chi connectivity index (χ0v) is 18.5. The number of pyridine rings is 1. The number of nitrogens with zero attached hydrogens (tertiary/aromatic N) is 1. The summed E-state index contributed by atoms with van der Waals surface area (Å²) in [7, 11) is 0. The Hall–Kier alpha value is -3.29. The molecular weight excluding hydrogens is 408 g/mol. The van der Waals surface area contributed by atoms with Crippen molar-refractivity contribution in [2.24, 2.45) is 11.3 Å². The molecule has 3 atom stereocenters. The fourth-order valence-electron chi connectivity index (χ4n) is 4.55. The van der Waals surface area contributed by atoms with Crippen LogP contribution in [0.25, 0.3) is 0 Å². The van der Waals surface area contributed by atoms with Crippen molar-refractivity contribution >= 4 is 17.8 Å². The molecule has 4 N–H and O–H groups in total. The van der Waals surface area contributed by atoms with E-state index in [9.17, 15) is 14.7 Å². The van der Waals surface area contributed by atoms with Crippen molar-refractivity contribution in [3.8, 4) is 17.2 Å². The Balaban J connectivity index is 1.30. The number of phenolic OH excluding ortho intramolecular Hbond substituents is 1. The van der Waals surface area contributed by atoms with Gasteiger partial charge < -0.3 is 25.8 Å². The Morgan fingerprint density at radius 1 is 1.31 bits per heavy atom. The van der Waals surface area contributed by atoms with Crippen molar-refractivity contribution in [3.63, 3.8) is 0 Å². The summed E-state index contributed by atoms with van der Waals surface area (Å²) in [4.78, 5) is 28.2. The minimum absolute atomic E-state index is 0.0137. The summed E-state index contributed by atoms with van der Waals surface area (Å²) in [6, 6.07) is 6.81. The predicted molar refractivity (Wildman–Crippen MR) is 119 cm³/mol. The van der Waals surface area contributed by atoms with Gasteiger partial charge in [-0.25, -0.2) is 9.78 Å². The molecule has 3 amide bonds. The molecule has 1 aromatic carbocycles. The van der Waals surface area contributed by atoms with Crippen LogP contribution < -0.4 is 20.7 Å². The Morgan fingerprint density at radius 3 is 2.88 bits per heavy atom. The number of aromatic hydroxyl groups is 1. The number of rotatable bonds is 5. The van der Waals surface area contributed by atoms with Gasteiger partial charge in [-0.1, -0.05) is 20.8 Å². The zero-order chi connectivity index (χ0) is 22.7. The van der Waals surface area contributed by atoms with E-state index in [1.54, 1.807) is 24.4 Å². The van der Waals surface area contributed by atoms with Gasteiger partial charge in [0.15, 0.2) is 0 Å². The average molecular weight is 437 g/mol. The molecule has 2 aliphatic carbocycles. The second-order valence-electron chi connectivity index (χ2n) is 10.2. The molecule has 1 aliphatic heterocycles. The molecule has 5 rings (SSSR count). The molecule has 8 nitrogen and oxygen atoms in total. The van der Waals surface area contributed by atoms with E-state index in [-0.39, 0.29) is 34.6 Å². The van der Waals surface area contributed by atoms with Crippen LogP contribution >= 0.6 is 0 Å². The number of carbonyl (C=O) groups is 2. The lowest BCUT2D eigenvalue weighted by atomic mass is 9.97. The number of benzene rings is 1. The topological polar surface area (TPSA) is 113 Å². The molecule has 32 heavy (non-hydrogen) atoms. The molecule has 2 fully saturated rings. The molecule has 168 valence electrons. The third-order valence-electron chi connectivity index (χ3n) is 6.47. The molecule has 0 spiro atoms. The normalized spacial score (nSPS) is 25.2. The number of urea groups is 1. The van der Waals surface area contributed by atoms with Gasteiger partial charge in [0.1, 0.15) is 23.1 Å². The maximum absolute atomic E-state index is 12.4. The smallest absolute Gasteiger partial charge is 0.315 e. The number of fused-ring (bicyclic) bond motifs is 2. The number of hydrogen-bond donors (Lipinski definition) is 4. The summed E-state index contributed by atoms with van der Waals surface area (Å²) in [5.74, 6) is 2.35. The summed E-state index contributed by atoms with van der Waals surface area (Å²) in [6.07, 6.45) is 3.48. The van der Waals surface area contributed by atoms with E-state index in [1.807, 2.05) is 6.07 Å². The fourth-order valence-corrected chi connectivity index (χ4v) is 4.55. The number of anilines is 1. The van der Waals surface area contributed by atoms with Crippen molar-refractivity contribution in [2.75, 3.05) is 11.9 Å². The first-order valence-corrected chi connectivity index (χ1v) is 11.0. The van der Waals surface area contributed by atoms with Crippen LogP contribution in [0.4, 0.5) is 10.6 Å². The molecule has 0 radical (unpaired) electrons. The van der Waals surface area contributed by atoms with Crippen LogP contribution in [-0.4, -0.2) is 34.1 Å². The molecule has 8 heteroatoms. The largest absolute Gasteiger partial charge is 0.508 e. The molecule has 3 aliphatic rings. The number of hydrogen-bond acceptors (Lipinski definition) is 5. The molecule has 2 aromatic rings. The minimum Gasteiger partial charge on any atom is -0.508 e. The first-order chi connectivity index (χ1) is 15.2. The Morgan fingerprint density at radius 2 is 2.12 bits per heavy atom. The van der Waals surface area contributed by atoms with E-state index in [2.05, 4.69) is 41.7 Å². The molecule has 1 aromatic heterocycles. The second kappa shape index (κ2) is 7.12. The van der Waals surface area contributed by atoms with Crippen LogP contribution in [0.15, 0.2) is 30.5 Å². The molecule has 2 heterocycles. The summed E-state index contributed by atoms with van der Waals surface area (Å²) in [5, 5.41) is 19.3. The summed E-state index contributed by atoms with van der Waals surface area (Å²) in [5.41, 5.74) is 1.40. The highest BCUT2D eigenvalue weighted by Crippen LogP contribution is 2.77. The maximum Gasteiger partial charge on any atom is 0.315 e. The average Bonchev–Trinajstić information content (AvgIpc) is 3.58.